The molecule has 34 heavy (non-hydrogen) atoms. The topological polar surface area (TPSA) is 66.8 Å². The summed E-state index contributed by atoms with van der Waals surface area (Å²) in [6.45, 7) is 0. The molecule has 0 unspecified atom stereocenters. The number of benzene rings is 3. The largest absolute Gasteiger partial charge is 0.508 e. The molecule has 0 amide bonds. The number of fused-ring (bicyclic) bond motifs is 1. The molecule has 0 atom stereocenters. The fourth-order valence-electron chi connectivity index (χ4n) is 3.60. The first-order valence-corrected chi connectivity index (χ1v) is 11.5. The molecule has 1 saturated carbocycles. The van der Waals surface area contributed by atoms with Crippen molar-refractivity contribution in [1.82, 2.24) is 0 Å². The van der Waals surface area contributed by atoms with Gasteiger partial charge in [0.25, 0.3) is 0 Å². The van der Waals surface area contributed by atoms with Gasteiger partial charge in [-0.05, 0) is 84.8 Å². The van der Waals surface area contributed by atoms with Crippen LogP contribution in [0.25, 0.3) is 11.1 Å². The maximum Gasteiger partial charge on any atom is 0.303 e. The van der Waals surface area contributed by atoms with Gasteiger partial charge in [-0.15, -0.1) is 0 Å². The van der Waals surface area contributed by atoms with Gasteiger partial charge in [0.1, 0.15) is 23.1 Å². The molecule has 0 bridgehead atoms. The number of carbonyl (C=O) groups is 1. The number of aliphatic carboxylic acids is 1. The van der Waals surface area contributed by atoms with Crippen LogP contribution in [0.3, 0.4) is 0 Å². The van der Waals surface area contributed by atoms with E-state index in [0.717, 1.165) is 36.0 Å². The third-order valence-electron chi connectivity index (χ3n) is 5.54. The SMILES string of the molecule is C1CC1.COc1ccc(F)c(-c2cc3c(cc2F)CCC3)c1.O=C(O)CCc1cccc(O)c1. The van der Waals surface area contributed by atoms with Gasteiger partial charge in [-0.25, -0.2) is 8.78 Å². The Morgan fingerprint density at radius 3 is 2.18 bits per heavy atom. The fourth-order valence-corrected chi connectivity index (χ4v) is 3.60. The van der Waals surface area contributed by atoms with Crippen molar-refractivity contribution in [2.75, 3.05) is 7.11 Å². The molecule has 3 aromatic carbocycles. The first kappa shape index (κ1) is 25.2. The third kappa shape index (κ3) is 7.58. The van der Waals surface area contributed by atoms with Gasteiger partial charge >= 0.3 is 5.97 Å². The Morgan fingerprint density at radius 2 is 1.56 bits per heavy atom. The zero-order chi connectivity index (χ0) is 24.5. The van der Waals surface area contributed by atoms with Gasteiger partial charge in [-0.1, -0.05) is 31.4 Å². The highest BCUT2D eigenvalue weighted by Gasteiger charge is 2.18. The van der Waals surface area contributed by atoms with Crippen LogP contribution in [0.15, 0.2) is 54.6 Å². The molecule has 3 aromatic rings. The van der Waals surface area contributed by atoms with Crippen LogP contribution < -0.4 is 4.74 Å². The lowest BCUT2D eigenvalue weighted by molar-refractivity contribution is -0.136. The van der Waals surface area contributed by atoms with E-state index < -0.39 is 11.8 Å². The predicted molar refractivity (Wildman–Crippen MR) is 128 cm³/mol. The molecule has 0 spiro atoms. The van der Waals surface area contributed by atoms with Gasteiger partial charge in [-0.3, -0.25) is 4.79 Å². The summed E-state index contributed by atoms with van der Waals surface area (Å²) >= 11 is 0. The Labute approximate surface area is 198 Å². The number of aryl methyl sites for hydroxylation is 3. The Kier molecular flexibility index (Phi) is 9.02. The normalized spacial score (nSPS) is 13.0. The number of halogens is 2. The molecule has 0 radical (unpaired) electrons. The van der Waals surface area contributed by atoms with Crippen molar-refractivity contribution >= 4 is 5.97 Å². The number of hydrogen-bond acceptors (Lipinski definition) is 3. The minimum absolute atomic E-state index is 0.101. The maximum absolute atomic E-state index is 14.1. The Balaban J connectivity index is 0.000000184. The summed E-state index contributed by atoms with van der Waals surface area (Å²) < 4.78 is 33.1. The van der Waals surface area contributed by atoms with E-state index >= 15 is 0 Å². The van der Waals surface area contributed by atoms with Gasteiger partial charge in [0, 0.05) is 17.5 Å². The van der Waals surface area contributed by atoms with Crippen LogP contribution in [0.4, 0.5) is 8.78 Å². The average Bonchev–Trinajstić information content (AvgIpc) is 3.64. The van der Waals surface area contributed by atoms with Gasteiger partial charge in [0.15, 0.2) is 0 Å². The number of rotatable bonds is 5. The predicted octanol–water partition coefficient (Wildman–Crippen LogP) is 6.71. The number of carboxylic acid groups (broad SMARTS) is 1. The molecular formula is C28H30F2O4. The molecule has 1 fully saturated rings. The molecule has 0 heterocycles. The lowest BCUT2D eigenvalue weighted by Crippen LogP contribution is -1.96. The van der Waals surface area contributed by atoms with E-state index in [9.17, 15) is 13.6 Å². The molecule has 180 valence electrons. The van der Waals surface area contributed by atoms with Gasteiger partial charge in [-0.2, -0.15) is 0 Å². The number of aromatic hydroxyl groups is 1. The van der Waals surface area contributed by atoms with E-state index in [-0.39, 0.29) is 23.6 Å². The second-order valence-electron chi connectivity index (χ2n) is 8.42. The van der Waals surface area contributed by atoms with E-state index in [0.29, 0.717) is 17.7 Å². The molecule has 2 N–H and O–H groups in total. The van der Waals surface area contributed by atoms with E-state index in [1.165, 1.54) is 50.6 Å². The second kappa shape index (κ2) is 12.2. The van der Waals surface area contributed by atoms with E-state index in [1.54, 1.807) is 30.3 Å². The molecule has 2 aliphatic carbocycles. The number of phenols is 1. The number of hydrogen-bond donors (Lipinski definition) is 2. The molecule has 0 saturated heterocycles. The van der Waals surface area contributed by atoms with Crippen LogP contribution >= 0.6 is 0 Å². The molecule has 4 nitrogen and oxygen atoms in total. The van der Waals surface area contributed by atoms with Crippen molar-refractivity contribution in [2.24, 2.45) is 0 Å². The summed E-state index contributed by atoms with van der Waals surface area (Å²) in [5.74, 6) is -0.919. The molecule has 0 aliphatic heterocycles. The zero-order valence-corrected chi connectivity index (χ0v) is 19.3. The molecule has 6 heteroatoms. The number of phenolic OH excluding ortho intramolecular Hbond substituents is 1. The monoisotopic (exact) mass is 468 g/mol. The summed E-state index contributed by atoms with van der Waals surface area (Å²) in [5, 5.41) is 17.4. The molecular weight excluding hydrogens is 438 g/mol. The maximum atomic E-state index is 14.1. The third-order valence-corrected chi connectivity index (χ3v) is 5.54. The first-order valence-electron chi connectivity index (χ1n) is 11.5. The van der Waals surface area contributed by atoms with Crippen molar-refractivity contribution in [2.45, 2.75) is 51.4 Å². The fraction of sp³-hybridized carbons (Fsp3) is 0.321. The zero-order valence-electron chi connectivity index (χ0n) is 19.3. The molecule has 0 aromatic heterocycles. The average molecular weight is 469 g/mol. The first-order chi connectivity index (χ1) is 16.4. The Hall–Kier alpha value is -3.41. The number of ether oxygens (including phenoxy) is 1. The van der Waals surface area contributed by atoms with Crippen LogP contribution in [-0.4, -0.2) is 23.3 Å². The highest BCUT2D eigenvalue weighted by molar-refractivity contribution is 5.68. The summed E-state index contributed by atoms with van der Waals surface area (Å²) in [6.07, 6.45) is 7.95. The van der Waals surface area contributed by atoms with Gasteiger partial charge in [0.05, 0.1) is 7.11 Å². The van der Waals surface area contributed by atoms with Crippen LogP contribution in [0.5, 0.6) is 11.5 Å². The summed E-state index contributed by atoms with van der Waals surface area (Å²) in [6, 6.07) is 14.3. The van der Waals surface area contributed by atoms with Crippen LogP contribution in [-0.2, 0) is 24.1 Å². The second-order valence-corrected chi connectivity index (χ2v) is 8.42. The quantitative estimate of drug-likeness (QED) is 0.437. The highest BCUT2D eigenvalue weighted by atomic mass is 19.1. The van der Waals surface area contributed by atoms with E-state index in [1.807, 2.05) is 0 Å². The van der Waals surface area contributed by atoms with Crippen molar-refractivity contribution < 1.29 is 28.5 Å². The van der Waals surface area contributed by atoms with Gasteiger partial charge < -0.3 is 14.9 Å². The highest BCUT2D eigenvalue weighted by Crippen LogP contribution is 2.33. The number of methoxy groups -OCH3 is 1. The van der Waals surface area contributed by atoms with Crippen molar-refractivity contribution in [3.8, 4) is 22.6 Å². The van der Waals surface area contributed by atoms with Crippen molar-refractivity contribution in [1.29, 1.82) is 0 Å². The minimum Gasteiger partial charge on any atom is -0.508 e. The number of carboxylic acids is 1. The van der Waals surface area contributed by atoms with Crippen molar-refractivity contribution in [3.05, 3.63) is 82.9 Å². The summed E-state index contributed by atoms with van der Waals surface area (Å²) in [4.78, 5) is 10.2. The summed E-state index contributed by atoms with van der Waals surface area (Å²) in [5.41, 5.74) is 3.59. The van der Waals surface area contributed by atoms with Crippen LogP contribution in [0.1, 0.15) is 48.8 Å². The standard InChI is InChI=1S/C16H14F2O.C9H10O3.C3H6/c1-19-12-5-6-15(17)14(9-12)13-7-10-3-2-4-11(10)8-16(13)18;10-8-3-1-2-7(6-8)4-5-9(11)12;1-2-3-1/h5-9H,2-4H2,1H3;1-3,6,10H,4-5H2,(H,11,12);1-3H2. The van der Waals surface area contributed by atoms with E-state index in [4.69, 9.17) is 14.9 Å². The lowest BCUT2D eigenvalue weighted by Gasteiger charge is -2.10. The van der Waals surface area contributed by atoms with Crippen molar-refractivity contribution in [3.63, 3.8) is 0 Å². The van der Waals surface area contributed by atoms with Crippen LogP contribution in [0, 0.1) is 11.6 Å². The Bertz CT molecular complexity index is 1120. The summed E-state index contributed by atoms with van der Waals surface area (Å²) in [7, 11) is 1.51. The van der Waals surface area contributed by atoms with E-state index in [2.05, 4.69) is 0 Å². The minimum atomic E-state index is -0.821. The van der Waals surface area contributed by atoms with Crippen LogP contribution in [0.2, 0.25) is 0 Å². The van der Waals surface area contributed by atoms with Gasteiger partial charge in [0.2, 0.25) is 0 Å². The smallest absolute Gasteiger partial charge is 0.303 e. The lowest BCUT2D eigenvalue weighted by atomic mass is 9.99. The molecule has 2 aliphatic rings. The molecule has 5 rings (SSSR count). The Morgan fingerprint density at radius 1 is 0.882 bits per heavy atom.